The summed E-state index contributed by atoms with van der Waals surface area (Å²) in [6.45, 7) is -9.39. The molecule has 0 heterocycles. The van der Waals surface area contributed by atoms with Gasteiger partial charge in [0.15, 0.2) is 0 Å². The Hall–Kier alpha value is -0.530. The van der Waals surface area contributed by atoms with E-state index in [1.54, 1.807) is 0 Å². The lowest BCUT2D eigenvalue weighted by Crippen LogP contribution is -2.18. The smallest absolute Gasteiger partial charge is 0.308 e. The second-order valence-electron chi connectivity index (χ2n) is 1.10. The van der Waals surface area contributed by atoms with Gasteiger partial charge in [-0.2, -0.15) is 0 Å². The van der Waals surface area contributed by atoms with Crippen LogP contribution in [0.15, 0.2) is 0 Å². The zero-order chi connectivity index (χ0) is 13.4. The number of hydrogen-bond acceptors (Lipinski definition) is 2. The fourth-order valence-corrected chi connectivity index (χ4v) is 0. The van der Waals surface area contributed by atoms with E-state index in [4.69, 9.17) is 12.4 Å². The van der Waals surface area contributed by atoms with E-state index in [-0.39, 0.29) is 0 Å². The van der Waals surface area contributed by atoms with Crippen LogP contribution in [0.3, 0.4) is 0 Å². The van der Waals surface area contributed by atoms with Crippen LogP contribution < -0.4 is 0 Å². The van der Waals surface area contributed by atoms with Crippen molar-refractivity contribution in [1.29, 1.82) is 1.43 Å². The van der Waals surface area contributed by atoms with Gasteiger partial charge in [-0.25, -0.2) is 0 Å². The molecule has 0 unspecified atom stereocenters. The van der Waals surface area contributed by atoms with Gasteiger partial charge >= 0.3 is 5.97 Å². The molecule has 0 rings (SSSR count). The van der Waals surface area contributed by atoms with Gasteiger partial charge in [0.25, 0.3) is 1.43 Å². The van der Waals surface area contributed by atoms with Crippen molar-refractivity contribution >= 4 is 5.97 Å². The van der Waals surface area contributed by atoms with Gasteiger partial charge in [-0.3, -0.25) is 4.79 Å². The predicted molar refractivity (Wildman–Crippen MR) is 27.1 cm³/mol. The molecule has 0 atom stereocenters. The summed E-state index contributed by atoms with van der Waals surface area (Å²) >= 11 is 0. The fraction of sp³-hybridized carbons (Fsp3) is 0.800. The topological polar surface area (TPSA) is 37.3 Å². The quantitative estimate of drug-likeness (QED) is 0.508. The van der Waals surface area contributed by atoms with Crippen LogP contribution >= 0.6 is 0 Å². The van der Waals surface area contributed by atoms with Gasteiger partial charge in [0.1, 0.15) is 0 Å². The monoisotopic (exact) mass is 111 g/mol. The molecule has 0 saturated carbocycles. The maximum absolute atomic E-state index is 11.2. The summed E-state index contributed by atoms with van der Waals surface area (Å²) in [6.07, 6.45) is 0. The van der Waals surface area contributed by atoms with Crippen LogP contribution in [0.2, 0.25) is 0 Å². The molecule has 0 amide bonds. The van der Waals surface area contributed by atoms with E-state index in [0.29, 0.717) is 0 Å². The second kappa shape index (κ2) is 1.52. The Morgan fingerprint density at radius 2 is 2.71 bits per heavy atom. The second-order valence-corrected chi connectivity index (χ2v) is 1.10. The Morgan fingerprint density at radius 3 is 2.86 bits per heavy atom. The van der Waals surface area contributed by atoms with Crippen LogP contribution in [0.5, 0.6) is 0 Å². The van der Waals surface area contributed by atoms with E-state index >= 15 is 0 Å². The van der Waals surface area contributed by atoms with Crippen molar-refractivity contribution in [3.05, 3.63) is 0 Å². The lowest BCUT2D eigenvalue weighted by molar-refractivity contribution is -0.145. The fourth-order valence-electron chi connectivity index (χ4n) is 0. The Balaban J connectivity index is 5.92. The molecule has 1 N–H and O–H groups in total. The molecule has 0 aromatic rings. The average molecular weight is 111 g/mol. The van der Waals surface area contributed by atoms with Crippen LogP contribution in [0.1, 0.15) is 31.5 Å². The van der Waals surface area contributed by atoms with Crippen LogP contribution in [-0.2, 0) is 4.79 Å². The number of carbonyl (C=O) groups is 1. The summed E-state index contributed by atoms with van der Waals surface area (Å²) in [5.74, 6) is -1.93. The highest BCUT2D eigenvalue weighted by Gasteiger charge is 2.18. The van der Waals surface area contributed by atoms with E-state index in [1.165, 1.54) is 0 Å². The van der Waals surface area contributed by atoms with Crippen molar-refractivity contribution in [2.45, 2.75) is 20.6 Å². The Morgan fingerprint density at radius 1 is 2.00 bits per heavy atom. The highest BCUT2D eigenvalue weighted by molar-refractivity contribution is 5.72. The van der Waals surface area contributed by atoms with Gasteiger partial charge < -0.3 is 5.11 Å². The third-order valence-corrected chi connectivity index (χ3v) is 0.322. The Kier molecular flexibility index (Phi) is 0.201. The van der Waals surface area contributed by atoms with Gasteiger partial charge in [-0.15, -0.1) is 0 Å². The number of carboxylic acids is 1. The molecule has 7 heavy (non-hydrogen) atoms. The first-order valence-corrected chi connectivity index (χ1v) is 1.45. The summed E-state index contributed by atoms with van der Waals surface area (Å²) < 4.78 is 62.3. The lowest BCUT2D eigenvalue weighted by atomic mass is 9.98. The highest BCUT2D eigenvalue weighted by Crippen LogP contribution is 2.11. The molecule has 42 valence electrons. The number of carboxylic acid groups (broad SMARTS) is 1. The van der Waals surface area contributed by atoms with E-state index in [1.807, 2.05) is 0 Å². The summed E-state index contributed by atoms with van der Waals surface area (Å²) in [5.41, 5.74) is -3.33. The number of hydrogen-bond donors (Lipinski definition) is 1. The van der Waals surface area contributed by atoms with Gasteiger partial charge in [0.05, 0.1) is 5.41 Å². The zero-order valence-electron chi connectivity index (χ0n) is 12.4. The molecule has 2 heteroatoms. The molecule has 0 saturated heterocycles. The molecule has 2 nitrogen and oxygen atoms in total. The van der Waals surface area contributed by atoms with Crippen molar-refractivity contribution in [3.8, 4) is 0 Å². The van der Waals surface area contributed by atoms with E-state index in [0.717, 1.165) is 0 Å². The SMILES string of the molecule is [2H]OC(=O)C(C([2H])[2H])(C([2H])([2H])[2H])C([2H])([2H])[2H]. The minimum atomic E-state index is -3.44. The first-order valence-electron chi connectivity index (χ1n) is 6.01. The molecule has 0 aromatic carbocycles. The van der Waals surface area contributed by atoms with E-state index in [9.17, 15) is 4.79 Å². The Labute approximate surface area is 55.9 Å². The maximum atomic E-state index is 11.2. The molecule has 0 aromatic heterocycles. The third-order valence-electron chi connectivity index (χ3n) is 0.322. The first-order chi connectivity index (χ1) is 6.92. The van der Waals surface area contributed by atoms with E-state index in [2.05, 4.69) is 5.11 Å². The van der Waals surface area contributed by atoms with Crippen LogP contribution in [-0.4, -0.2) is 11.1 Å². The third kappa shape index (κ3) is 2.20. The first kappa shape index (κ1) is 0.925. The normalized spacial score (nSPS) is 33.6. The number of aliphatic carboxylic acids is 1. The van der Waals surface area contributed by atoms with Gasteiger partial charge in [0.2, 0.25) is 0 Å². The van der Waals surface area contributed by atoms with Crippen molar-refractivity contribution < 1.29 is 20.9 Å². The van der Waals surface area contributed by atoms with Crippen LogP contribution in [0.4, 0.5) is 0 Å². The summed E-state index contributed by atoms with van der Waals surface area (Å²) in [6, 6.07) is 0. The average Bonchev–Trinajstić information content (AvgIpc) is 1.98. The summed E-state index contributed by atoms with van der Waals surface area (Å²) in [5, 5.41) is 3.38. The largest absolute Gasteiger partial charge is 0.481 e. The minimum Gasteiger partial charge on any atom is -0.481 e. The zero-order valence-corrected chi connectivity index (χ0v) is 3.39. The molecule has 0 aliphatic rings. The predicted octanol–water partition coefficient (Wildman–Crippen LogP) is 1.12. The van der Waals surface area contributed by atoms with Crippen molar-refractivity contribution in [2.24, 2.45) is 5.41 Å². The highest BCUT2D eigenvalue weighted by atomic mass is 16.4. The minimum absolute atomic E-state index is 1.93. The van der Waals surface area contributed by atoms with Crippen LogP contribution in [0, 0.1) is 5.41 Å². The molecule has 0 bridgehead atoms. The molecular formula is C5H10O2. The lowest BCUT2D eigenvalue weighted by Gasteiger charge is -2.08. The van der Waals surface area contributed by atoms with Crippen LogP contribution in [0.25, 0.3) is 1.43 Å². The van der Waals surface area contributed by atoms with Gasteiger partial charge in [-0.05, 0) is 20.6 Å². The van der Waals surface area contributed by atoms with Gasteiger partial charge in [-0.1, -0.05) is 0 Å². The number of rotatable bonds is 0. The van der Waals surface area contributed by atoms with E-state index < -0.39 is 32.0 Å². The summed E-state index contributed by atoms with van der Waals surface area (Å²) in [7, 11) is 0. The molecule has 0 radical (unpaired) electrons. The molecular weight excluding hydrogens is 92.1 g/mol. The van der Waals surface area contributed by atoms with Gasteiger partial charge in [0, 0.05) is 11.0 Å². The Bertz CT molecular complexity index is 250. The maximum Gasteiger partial charge on any atom is 0.308 e. The molecule has 0 fully saturated rings. The van der Waals surface area contributed by atoms with Crippen molar-refractivity contribution in [1.82, 2.24) is 0 Å². The van der Waals surface area contributed by atoms with Crippen molar-refractivity contribution in [3.63, 3.8) is 0 Å². The standard InChI is InChI=1S/C5H10O2/c1-5(2,3)4(6)7/h1-3H3,(H,6,7)/i1D2,2D3,3D3/hD. The van der Waals surface area contributed by atoms with Crippen molar-refractivity contribution in [2.75, 3.05) is 0 Å². The molecule has 0 aliphatic heterocycles. The molecule has 0 spiro atoms. The summed E-state index contributed by atoms with van der Waals surface area (Å²) in [4.78, 5) is 11.2. The molecule has 0 aliphatic carbocycles.